The minimum Gasteiger partial charge on any atom is -0.271 e. The van der Waals surface area contributed by atoms with Crippen molar-refractivity contribution in [1.29, 1.82) is 0 Å². The fourth-order valence-electron chi connectivity index (χ4n) is 0.642. The molecule has 0 bridgehead atoms. The lowest BCUT2D eigenvalue weighted by Crippen LogP contribution is -2.11. The van der Waals surface area contributed by atoms with Gasteiger partial charge in [-0.3, -0.25) is 4.68 Å². The Hall–Kier alpha value is -0.840. The van der Waals surface area contributed by atoms with Crippen LogP contribution < -0.4 is 0 Å². The maximum Gasteiger partial charge on any atom is 0.149 e. The molecule has 1 radical (unpaired) electrons. The number of sulfone groups is 1. The molecular weight excluding hydrogens is 164 g/mol. The molecule has 0 unspecified atom stereocenters. The van der Waals surface area contributed by atoms with E-state index < -0.39 is 9.84 Å². The molecular formula is C6H9N2O2S. The Kier molecular flexibility index (Phi) is 2.28. The van der Waals surface area contributed by atoms with Crippen LogP contribution in [0.3, 0.4) is 0 Å². The lowest BCUT2D eigenvalue weighted by molar-refractivity contribution is 0.586. The van der Waals surface area contributed by atoms with Crippen molar-refractivity contribution in [1.82, 2.24) is 9.78 Å². The van der Waals surface area contributed by atoms with Crippen LogP contribution in [-0.4, -0.2) is 30.2 Å². The molecule has 61 valence electrons. The summed E-state index contributed by atoms with van der Waals surface area (Å²) in [4.78, 5) is 0. The van der Waals surface area contributed by atoms with Gasteiger partial charge in [0.2, 0.25) is 0 Å². The lowest BCUT2D eigenvalue weighted by atomic mass is 10.7. The molecule has 4 nitrogen and oxygen atoms in total. The van der Waals surface area contributed by atoms with Gasteiger partial charge in [-0.05, 0) is 0 Å². The molecule has 5 heteroatoms. The number of aromatic nitrogens is 2. The number of hydrogen-bond donors (Lipinski definition) is 0. The van der Waals surface area contributed by atoms with E-state index in [9.17, 15) is 8.42 Å². The predicted molar refractivity (Wildman–Crippen MR) is 40.8 cm³/mol. The van der Waals surface area contributed by atoms with Gasteiger partial charge in [-0.25, -0.2) is 8.42 Å². The molecule has 0 aliphatic rings. The zero-order valence-corrected chi connectivity index (χ0v) is 7.00. The van der Waals surface area contributed by atoms with E-state index in [4.69, 9.17) is 0 Å². The van der Waals surface area contributed by atoms with E-state index in [-0.39, 0.29) is 5.75 Å². The minimum atomic E-state index is -2.87. The highest BCUT2D eigenvalue weighted by Gasteiger charge is 2.01. The molecule has 0 aromatic carbocycles. The summed E-state index contributed by atoms with van der Waals surface area (Å²) in [5.41, 5.74) is 0. The summed E-state index contributed by atoms with van der Waals surface area (Å²) < 4.78 is 22.9. The Morgan fingerprint density at radius 3 is 2.82 bits per heavy atom. The summed E-state index contributed by atoms with van der Waals surface area (Å²) in [7, 11) is -2.87. The summed E-state index contributed by atoms with van der Waals surface area (Å²) in [6.45, 7) is 0.405. The van der Waals surface area contributed by atoms with Crippen molar-refractivity contribution in [3.05, 3.63) is 18.5 Å². The molecule has 0 aliphatic carbocycles. The van der Waals surface area contributed by atoms with Crippen molar-refractivity contribution >= 4 is 9.84 Å². The average molecular weight is 173 g/mol. The van der Waals surface area contributed by atoms with Crippen LogP contribution in [0, 0.1) is 6.07 Å². The van der Waals surface area contributed by atoms with E-state index in [2.05, 4.69) is 11.2 Å². The molecule has 0 atom stereocenters. The van der Waals surface area contributed by atoms with Gasteiger partial charge in [-0.2, -0.15) is 5.10 Å². The third-order valence-electron chi connectivity index (χ3n) is 1.20. The predicted octanol–water partition coefficient (Wildman–Crippen LogP) is -0.272. The number of nitrogens with zero attached hydrogens (tertiary/aromatic N) is 2. The fraction of sp³-hybridized carbons (Fsp3) is 0.500. The van der Waals surface area contributed by atoms with Crippen molar-refractivity contribution in [2.45, 2.75) is 6.54 Å². The molecule has 1 heterocycles. The smallest absolute Gasteiger partial charge is 0.149 e. The Labute approximate surface area is 65.8 Å². The van der Waals surface area contributed by atoms with E-state index in [0.717, 1.165) is 0 Å². The fourth-order valence-corrected chi connectivity index (χ4v) is 1.16. The van der Waals surface area contributed by atoms with E-state index >= 15 is 0 Å². The quantitative estimate of drug-likeness (QED) is 0.632. The molecule has 0 aliphatic heterocycles. The van der Waals surface area contributed by atoms with Gasteiger partial charge in [0.25, 0.3) is 0 Å². The van der Waals surface area contributed by atoms with Crippen LogP contribution in [0.1, 0.15) is 0 Å². The van der Waals surface area contributed by atoms with Crippen LogP contribution in [0.25, 0.3) is 0 Å². The van der Waals surface area contributed by atoms with Gasteiger partial charge in [0, 0.05) is 18.5 Å². The molecule has 1 aromatic rings. The maximum atomic E-state index is 10.7. The Morgan fingerprint density at radius 1 is 1.64 bits per heavy atom. The summed E-state index contributed by atoms with van der Waals surface area (Å²) in [6, 6.07) is 2.72. The average Bonchev–Trinajstić information content (AvgIpc) is 2.32. The number of aryl methyl sites for hydroxylation is 1. The minimum absolute atomic E-state index is 0.127. The first-order valence-corrected chi connectivity index (χ1v) is 5.20. The van der Waals surface area contributed by atoms with Crippen LogP contribution in [0.4, 0.5) is 0 Å². The first kappa shape index (κ1) is 8.26. The molecule has 0 fully saturated rings. The van der Waals surface area contributed by atoms with Crippen molar-refractivity contribution < 1.29 is 8.42 Å². The molecule has 0 saturated heterocycles. The van der Waals surface area contributed by atoms with Crippen LogP contribution in [0.15, 0.2) is 12.4 Å². The highest BCUT2D eigenvalue weighted by Crippen LogP contribution is 1.87. The van der Waals surface area contributed by atoms with Crippen LogP contribution in [-0.2, 0) is 16.4 Å². The standard InChI is InChI=1S/C6H9N2O2S/c1-11(9,10)6-5-8-4-2-3-7-8/h3-4H,5-6H2,1H3. The highest BCUT2D eigenvalue weighted by molar-refractivity contribution is 7.90. The van der Waals surface area contributed by atoms with Gasteiger partial charge in [0.15, 0.2) is 0 Å². The van der Waals surface area contributed by atoms with Gasteiger partial charge in [-0.15, -0.1) is 0 Å². The Morgan fingerprint density at radius 2 is 2.36 bits per heavy atom. The van der Waals surface area contributed by atoms with Gasteiger partial charge < -0.3 is 0 Å². The summed E-state index contributed by atoms with van der Waals surface area (Å²) in [5, 5.41) is 3.82. The normalized spacial score (nSPS) is 11.7. The lowest BCUT2D eigenvalue weighted by Gasteiger charge is -1.97. The number of hydrogen-bond acceptors (Lipinski definition) is 3. The largest absolute Gasteiger partial charge is 0.271 e. The first-order chi connectivity index (χ1) is 5.08. The van der Waals surface area contributed by atoms with Gasteiger partial charge >= 0.3 is 0 Å². The van der Waals surface area contributed by atoms with Gasteiger partial charge in [0.05, 0.1) is 18.5 Å². The van der Waals surface area contributed by atoms with E-state index in [1.807, 2.05) is 0 Å². The van der Waals surface area contributed by atoms with Crippen molar-refractivity contribution in [2.75, 3.05) is 12.0 Å². The molecule has 11 heavy (non-hydrogen) atoms. The molecule has 0 spiro atoms. The second-order valence-electron chi connectivity index (χ2n) is 2.33. The van der Waals surface area contributed by atoms with E-state index in [1.165, 1.54) is 12.5 Å². The maximum absolute atomic E-state index is 10.7. The summed E-state index contributed by atoms with van der Waals surface area (Å²) >= 11 is 0. The van der Waals surface area contributed by atoms with Gasteiger partial charge in [-0.1, -0.05) is 0 Å². The monoisotopic (exact) mass is 173 g/mol. The SMILES string of the molecule is CS(=O)(=O)CCn1c[c]cn1. The second kappa shape index (κ2) is 3.04. The van der Waals surface area contributed by atoms with Crippen molar-refractivity contribution in [3.63, 3.8) is 0 Å². The zero-order chi connectivity index (χ0) is 8.32. The molecule has 1 rings (SSSR count). The summed E-state index contributed by atoms with van der Waals surface area (Å²) in [5.74, 6) is 0.127. The molecule has 0 amide bonds. The van der Waals surface area contributed by atoms with E-state index in [0.29, 0.717) is 6.54 Å². The molecule has 1 aromatic heterocycles. The van der Waals surface area contributed by atoms with Gasteiger partial charge in [0.1, 0.15) is 9.84 Å². The van der Waals surface area contributed by atoms with Crippen molar-refractivity contribution in [2.24, 2.45) is 0 Å². The highest BCUT2D eigenvalue weighted by atomic mass is 32.2. The number of rotatable bonds is 3. The Bertz CT molecular complexity index is 301. The van der Waals surface area contributed by atoms with E-state index in [1.54, 1.807) is 10.9 Å². The Balaban J connectivity index is 2.48. The van der Waals surface area contributed by atoms with Crippen LogP contribution in [0.5, 0.6) is 0 Å². The second-order valence-corrected chi connectivity index (χ2v) is 4.59. The van der Waals surface area contributed by atoms with Crippen LogP contribution >= 0.6 is 0 Å². The van der Waals surface area contributed by atoms with Crippen LogP contribution in [0.2, 0.25) is 0 Å². The molecule has 0 N–H and O–H groups in total. The third-order valence-corrected chi connectivity index (χ3v) is 2.12. The topological polar surface area (TPSA) is 52.0 Å². The summed E-state index contributed by atoms with van der Waals surface area (Å²) in [6.07, 6.45) is 4.33. The first-order valence-electron chi connectivity index (χ1n) is 3.14. The zero-order valence-electron chi connectivity index (χ0n) is 6.19. The third kappa shape index (κ3) is 3.18. The van der Waals surface area contributed by atoms with Crippen molar-refractivity contribution in [3.8, 4) is 0 Å². The molecule has 0 saturated carbocycles.